The van der Waals surface area contributed by atoms with Gasteiger partial charge in [-0.3, -0.25) is 4.79 Å². The molecule has 3 atom stereocenters. The van der Waals surface area contributed by atoms with E-state index < -0.39 is 0 Å². The smallest absolute Gasteiger partial charge is 0.323 e. The van der Waals surface area contributed by atoms with E-state index in [4.69, 9.17) is 4.74 Å². The molecule has 2 rings (SSSR count). The third kappa shape index (κ3) is 3.71. The van der Waals surface area contributed by atoms with Crippen LogP contribution in [0.15, 0.2) is 0 Å². The Kier molecular flexibility index (Phi) is 4.88. The topological polar surface area (TPSA) is 38.3 Å². The molecule has 2 aliphatic rings. The first-order chi connectivity index (χ1) is 9.03. The van der Waals surface area contributed by atoms with Gasteiger partial charge in [0, 0.05) is 0 Å². The summed E-state index contributed by atoms with van der Waals surface area (Å²) in [5.41, 5.74) is 0.0220. The van der Waals surface area contributed by atoms with Gasteiger partial charge >= 0.3 is 5.97 Å². The van der Waals surface area contributed by atoms with Gasteiger partial charge in [-0.15, -0.1) is 0 Å². The average Bonchev–Trinajstić information content (AvgIpc) is 2.38. The molecule has 110 valence electrons. The molecule has 1 heterocycles. The lowest BCUT2D eigenvalue weighted by Gasteiger charge is -2.39. The zero-order valence-corrected chi connectivity index (χ0v) is 12.7. The lowest BCUT2D eigenvalue weighted by Crippen LogP contribution is -2.53. The highest BCUT2D eigenvalue weighted by Gasteiger charge is 2.39. The SMILES string of the molecule is CCC1CCCC(OC(=O)C2NCCCC2(C)C)C1. The number of ether oxygens (including phenoxy) is 1. The van der Waals surface area contributed by atoms with Gasteiger partial charge in [0.2, 0.25) is 0 Å². The second kappa shape index (κ2) is 6.25. The Morgan fingerprint density at radius 2 is 2.11 bits per heavy atom. The number of hydrogen-bond acceptors (Lipinski definition) is 3. The predicted octanol–water partition coefficient (Wildman–Crippen LogP) is 3.28. The van der Waals surface area contributed by atoms with Crippen molar-refractivity contribution < 1.29 is 9.53 Å². The van der Waals surface area contributed by atoms with E-state index in [9.17, 15) is 4.79 Å². The van der Waals surface area contributed by atoms with E-state index >= 15 is 0 Å². The molecule has 0 aromatic carbocycles. The molecule has 1 N–H and O–H groups in total. The summed E-state index contributed by atoms with van der Waals surface area (Å²) in [6.45, 7) is 7.51. The van der Waals surface area contributed by atoms with E-state index in [-0.39, 0.29) is 23.5 Å². The fourth-order valence-corrected chi connectivity index (χ4v) is 3.57. The van der Waals surface area contributed by atoms with Gasteiger partial charge in [0.1, 0.15) is 12.1 Å². The van der Waals surface area contributed by atoms with Gasteiger partial charge in [0.15, 0.2) is 0 Å². The Labute approximate surface area is 117 Å². The number of hydrogen-bond donors (Lipinski definition) is 1. The van der Waals surface area contributed by atoms with E-state index in [1.54, 1.807) is 0 Å². The number of piperidine rings is 1. The van der Waals surface area contributed by atoms with E-state index in [0.717, 1.165) is 38.1 Å². The van der Waals surface area contributed by atoms with E-state index in [0.29, 0.717) is 0 Å². The van der Waals surface area contributed by atoms with Crippen LogP contribution in [0.4, 0.5) is 0 Å². The second-order valence-electron chi connectivity index (χ2n) is 6.98. The molecule has 3 unspecified atom stereocenters. The summed E-state index contributed by atoms with van der Waals surface area (Å²) in [6, 6.07) is -0.122. The van der Waals surface area contributed by atoms with Crippen molar-refractivity contribution in [1.82, 2.24) is 5.32 Å². The van der Waals surface area contributed by atoms with Crippen LogP contribution in [0.5, 0.6) is 0 Å². The Morgan fingerprint density at radius 1 is 1.32 bits per heavy atom. The molecule has 3 nitrogen and oxygen atoms in total. The van der Waals surface area contributed by atoms with Crippen molar-refractivity contribution in [1.29, 1.82) is 0 Å². The molecule has 2 fully saturated rings. The number of rotatable bonds is 3. The standard InChI is InChI=1S/C16H29NO2/c1-4-12-7-5-8-13(11-12)19-15(18)14-16(2,3)9-6-10-17-14/h12-14,17H,4-11H2,1-3H3. The van der Waals surface area contributed by atoms with Gasteiger partial charge < -0.3 is 10.1 Å². The van der Waals surface area contributed by atoms with Crippen LogP contribution < -0.4 is 5.32 Å². The highest BCUT2D eigenvalue weighted by molar-refractivity contribution is 5.77. The lowest BCUT2D eigenvalue weighted by atomic mass is 9.77. The van der Waals surface area contributed by atoms with Crippen molar-refractivity contribution in [2.24, 2.45) is 11.3 Å². The zero-order chi connectivity index (χ0) is 13.9. The highest BCUT2D eigenvalue weighted by atomic mass is 16.5. The second-order valence-corrected chi connectivity index (χ2v) is 6.98. The zero-order valence-electron chi connectivity index (χ0n) is 12.7. The fourth-order valence-electron chi connectivity index (χ4n) is 3.57. The van der Waals surface area contributed by atoms with Crippen LogP contribution in [0.1, 0.15) is 65.7 Å². The van der Waals surface area contributed by atoms with Crippen LogP contribution in [0.3, 0.4) is 0 Å². The highest BCUT2D eigenvalue weighted by Crippen LogP contribution is 2.33. The minimum atomic E-state index is -0.122. The van der Waals surface area contributed by atoms with Crippen LogP contribution in [-0.4, -0.2) is 24.7 Å². The summed E-state index contributed by atoms with van der Waals surface area (Å²) in [4.78, 5) is 12.4. The first-order valence-electron chi connectivity index (χ1n) is 7.97. The number of carbonyl (C=O) groups excluding carboxylic acids is 1. The van der Waals surface area contributed by atoms with Crippen LogP contribution in [0, 0.1) is 11.3 Å². The van der Waals surface area contributed by atoms with E-state index in [2.05, 4.69) is 26.1 Å². The summed E-state index contributed by atoms with van der Waals surface area (Å²) >= 11 is 0. The van der Waals surface area contributed by atoms with Crippen LogP contribution in [-0.2, 0) is 9.53 Å². The molecule has 0 spiro atoms. The number of carbonyl (C=O) groups is 1. The number of nitrogens with one attached hydrogen (secondary N) is 1. The third-order valence-electron chi connectivity index (χ3n) is 4.96. The molecule has 1 aliphatic heterocycles. The van der Waals surface area contributed by atoms with E-state index in [1.807, 2.05) is 0 Å². The first-order valence-corrected chi connectivity index (χ1v) is 7.97. The predicted molar refractivity (Wildman–Crippen MR) is 76.9 cm³/mol. The molecule has 0 bridgehead atoms. The largest absolute Gasteiger partial charge is 0.461 e. The average molecular weight is 267 g/mol. The Bertz CT molecular complexity index is 314. The summed E-state index contributed by atoms with van der Waals surface area (Å²) in [5.74, 6) is 0.727. The van der Waals surface area contributed by atoms with Crippen LogP contribution in [0.25, 0.3) is 0 Å². The van der Waals surface area contributed by atoms with Gasteiger partial charge in [-0.25, -0.2) is 0 Å². The Morgan fingerprint density at radius 3 is 2.79 bits per heavy atom. The van der Waals surface area contributed by atoms with Gasteiger partial charge in [0.25, 0.3) is 0 Å². The monoisotopic (exact) mass is 267 g/mol. The molecule has 19 heavy (non-hydrogen) atoms. The fraction of sp³-hybridized carbons (Fsp3) is 0.938. The first kappa shape index (κ1) is 14.8. The molecule has 1 saturated carbocycles. The minimum absolute atomic E-state index is 0.0218. The van der Waals surface area contributed by atoms with Crippen molar-refractivity contribution in [3.8, 4) is 0 Å². The quantitative estimate of drug-likeness (QED) is 0.798. The summed E-state index contributed by atoms with van der Waals surface area (Å²) in [7, 11) is 0. The minimum Gasteiger partial charge on any atom is -0.461 e. The Balaban J connectivity index is 1.89. The Hall–Kier alpha value is -0.570. The van der Waals surface area contributed by atoms with Gasteiger partial charge in [0.05, 0.1) is 0 Å². The van der Waals surface area contributed by atoms with Gasteiger partial charge in [-0.1, -0.05) is 33.6 Å². The molecule has 0 radical (unpaired) electrons. The lowest BCUT2D eigenvalue weighted by molar-refractivity contribution is -0.158. The molecular weight excluding hydrogens is 238 g/mol. The summed E-state index contributed by atoms with van der Waals surface area (Å²) in [5, 5.41) is 3.35. The van der Waals surface area contributed by atoms with Crippen LogP contribution in [0.2, 0.25) is 0 Å². The van der Waals surface area contributed by atoms with Gasteiger partial charge in [-0.2, -0.15) is 0 Å². The van der Waals surface area contributed by atoms with Crippen molar-refractivity contribution in [2.45, 2.75) is 77.9 Å². The van der Waals surface area contributed by atoms with Crippen LogP contribution >= 0.6 is 0 Å². The van der Waals surface area contributed by atoms with Crippen molar-refractivity contribution in [2.75, 3.05) is 6.54 Å². The maximum absolute atomic E-state index is 12.4. The maximum Gasteiger partial charge on any atom is 0.323 e. The molecule has 1 saturated heterocycles. The summed E-state index contributed by atoms with van der Waals surface area (Å²) < 4.78 is 5.80. The molecule has 0 aromatic heterocycles. The molecule has 3 heteroatoms. The summed E-state index contributed by atoms with van der Waals surface area (Å²) in [6.07, 6.45) is 8.24. The number of esters is 1. The van der Waals surface area contributed by atoms with E-state index in [1.165, 1.54) is 19.3 Å². The molecule has 0 aromatic rings. The molecule has 1 aliphatic carbocycles. The van der Waals surface area contributed by atoms with Crippen molar-refractivity contribution in [3.63, 3.8) is 0 Å². The van der Waals surface area contributed by atoms with Gasteiger partial charge in [-0.05, 0) is 50.0 Å². The molecule has 0 amide bonds. The third-order valence-corrected chi connectivity index (χ3v) is 4.96. The molecular formula is C16H29NO2. The normalized spacial score (nSPS) is 34.8. The van der Waals surface area contributed by atoms with Crippen molar-refractivity contribution >= 4 is 5.97 Å². The van der Waals surface area contributed by atoms with Crippen molar-refractivity contribution in [3.05, 3.63) is 0 Å². The maximum atomic E-state index is 12.4.